The highest BCUT2D eigenvalue weighted by molar-refractivity contribution is 6.00. The summed E-state index contributed by atoms with van der Waals surface area (Å²) in [5.41, 5.74) is 1.76. The lowest BCUT2D eigenvalue weighted by Crippen LogP contribution is -2.18. The van der Waals surface area contributed by atoms with Gasteiger partial charge in [0.05, 0.1) is 16.6 Å². The van der Waals surface area contributed by atoms with Crippen molar-refractivity contribution in [1.29, 1.82) is 0 Å². The number of aryl methyl sites for hydroxylation is 3. The molecule has 0 bridgehead atoms. The zero-order valence-corrected chi connectivity index (χ0v) is 11.4. The van der Waals surface area contributed by atoms with E-state index in [9.17, 15) is 9.59 Å². The van der Waals surface area contributed by atoms with Gasteiger partial charge in [-0.3, -0.25) is 9.25 Å². The van der Waals surface area contributed by atoms with Crippen LogP contribution >= 0.6 is 0 Å². The minimum Gasteiger partial charge on any atom is -0.478 e. The Morgan fingerprint density at radius 2 is 2.19 bits per heavy atom. The van der Waals surface area contributed by atoms with Crippen LogP contribution in [-0.4, -0.2) is 30.4 Å². The number of carboxylic acids is 1. The molecule has 0 saturated heterocycles. The molecule has 0 saturated carbocycles. The van der Waals surface area contributed by atoms with Crippen LogP contribution in [0.4, 0.5) is 0 Å². The third-order valence-electron chi connectivity index (χ3n) is 3.55. The number of H-pyrrole nitrogens is 1. The molecule has 0 radical (unpaired) electrons. The Morgan fingerprint density at radius 1 is 1.38 bits per heavy atom. The van der Waals surface area contributed by atoms with Gasteiger partial charge in [-0.25, -0.2) is 9.59 Å². The van der Waals surface area contributed by atoms with E-state index in [0.717, 1.165) is 5.69 Å². The summed E-state index contributed by atoms with van der Waals surface area (Å²) in [6, 6.07) is 6.75. The number of hydrogen-bond acceptors (Lipinski definition) is 3. The van der Waals surface area contributed by atoms with Gasteiger partial charge >= 0.3 is 11.7 Å². The van der Waals surface area contributed by atoms with Crippen LogP contribution in [0.25, 0.3) is 11.0 Å². The van der Waals surface area contributed by atoms with Crippen molar-refractivity contribution in [3.8, 4) is 0 Å². The second-order valence-electron chi connectivity index (χ2n) is 4.78. The van der Waals surface area contributed by atoms with Gasteiger partial charge in [0.15, 0.2) is 0 Å². The van der Waals surface area contributed by atoms with E-state index >= 15 is 0 Å². The lowest BCUT2D eigenvalue weighted by molar-refractivity contribution is 0.0699. The summed E-state index contributed by atoms with van der Waals surface area (Å²) in [6.45, 7) is 0.460. The number of carboxylic acid groups (broad SMARTS) is 1. The second-order valence-corrected chi connectivity index (χ2v) is 4.78. The van der Waals surface area contributed by atoms with E-state index in [1.165, 1.54) is 6.07 Å². The number of fused-ring (bicyclic) bond motifs is 1. The third kappa shape index (κ3) is 2.22. The van der Waals surface area contributed by atoms with Gasteiger partial charge in [0, 0.05) is 31.9 Å². The number of aromatic amines is 1. The highest BCUT2D eigenvalue weighted by Gasteiger charge is 2.14. The first-order valence-corrected chi connectivity index (χ1v) is 6.49. The molecule has 3 rings (SSSR count). The molecule has 7 nitrogen and oxygen atoms in total. The molecule has 0 spiro atoms. The Hall–Kier alpha value is -2.83. The van der Waals surface area contributed by atoms with Crippen LogP contribution in [0.2, 0.25) is 0 Å². The molecule has 0 aliphatic rings. The predicted molar refractivity (Wildman–Crippen MR) is 76.4 cm³/mol. The second kappa shape index (κ2) is 4.93. The van der Waals surface area contributed by atoms with E-state index in [1.807, 2.05) is 13.1 Å². The lowest BCUT2D eigenvalue weighted by Gasteiger charge is -2.04. The molecular weight excluding hydrogens is 272 g/mol. The monoisotopic (exact) mass is 286 g/mol. The molecule has 0 fully saturated rings. The van der Waals surface area contributed by atoms with Crippen LogP contribution in [-0.2, 0) is 20.0 Å². The number of hydrogen-bond donors (Lipinski definition) is 2. The number of aromatic carboxylic acids is 1. The molecule has 0 unspecified atom stereocenters. The quantitative estimate of drug-likeness (QED) is 0.748. The van der Waals surface area contributed by atoms with Gasteiger partial charge in [0.25, 0.3) is 0 Å². The number of rotatable bonds is 4. The number of imidazole rings is 1. The van der Waals surface area contributed by atoms with Gasteiger partial charge in [0.1, 0.15) is 0 Å². The average molecular weight is 286 g/mol. The van der Waals surface area contributed by atoms with Crippen LogP contribution in [0.3, 0.4) is 0 Å². The number of aromatic nitrogens is 4. The Bertz CT molecular complexity index is 872. The normalized spacial score (nSPS) is 11.1. The lowest BCUT2D eigenvalue weighted by atomic mass is 10.2. The highest BCUT2D eigenvalue weighted by Crippen LogP contribution is 2.16. The van der Waals surface area contributed by atoms with Gasteiger partial charge in [0.2, 0.25) is 0 Å². The molecule has 2 aromatic heterocycles. The first-order valence-electron chi connectivity index (χ1n) is 6.49. The van der Waals surface area contributed by atoms with E-state index in [2.05, 4.69) is 10.1 Å². The molecule has 21 heavy (non-hydrogen) atoms. The Kier molecular flexibility index (Phi) is 3.09. The average Bonchev–Trinajstić information content (AvgIpc) is 2.99. The van der Waals surface area contributed by atoms with Crippen LogP contribution in [0.5, 0.6) is 0 Å². The smallest absolute Gasteiger partial charge is 0.337 e. The van der Waals surface area contributed by atoms with E-state index in [4.69, 9.17) is 5.11 Å². The van der Waals surface area contributed by atoms with Crippen molar-refractivity contribution >= 4 is 17.0 Å². The molecule has 1 aromatic carbocycles. The summed E-state index contributed by atoms with van der Waals surface area (Å²) >= 11 is 0. The summed E-state index contributed by atoms with van der Waals surface area (Å²) < 4.78 is 3.30. The number of nitrogens with one attached hydrogen (secondary N) is 1. The fourth-order valence-corrected chi connectivity index (χ4v) is 2.45. The first-order chi connectivity index (χ1) is 10.1. The van der Waals surface area contributed by atoms with Crippen molar-refractivity contribution < 1.29 is 9.90 Å². The zero-order valence-electron chi connectivity index (χ0n) is 11.4. The maximum Gasteiger partial charge on any atom is 0.337 e. The molecule has 0 amide bonds. The molecule has 2 N–H and O–H groups in total. The topological polar surface area (TPSA) is 92.9 Å². The van der Waals surface area contributed by atoms with Crippen molar-refractivity contribution in [2.45, 2.75) is 13.0 Å². The van der Waals surface area contributed by atoms with Gasteiger partial charge in [-0.2, -0.15) is 5.10 Å². The van der Waals surface area contributed by atoms with Crippen molar-refractivity contribution in [3.63, 3.8) is 0 Å². The summed E-state index contributed by atoms with van der Waals surface area (Å²) in [5, 5.41) is 13.2. The Labute approximate surface area is 119 Å². The standard InChI is InChI=1S/C14H14N4O3/c1-17-9(5-7-15-17)6-8-18-11-4-2-3-10(13(19)20)12(11)16-14(18)21/h2-5,7H,6,8H2,1H3,(H,16,21)(H,19,20). The van der Waals surface area contributed by atoms with Crippen LogP contribution in [0.15, 0.2) is 35.3 Å². The molecule has 108 valence electrons. The zero-order chi connectivity index (χ0) is 15.0. The van der Waals surface area contributed by atoms with E-state index in [0.29, 0.717) is 24.0 Å². The maximum absolute atomic E-state index is 12.0. The summed E-state index contributed by atoms with van der Waals surface area (Å²) in [7, 11) is 1.84. The van der Waals surface area contributed by atoms with Crippen LogP contribution in [0, 0.1) is 0 Å². The minimum absolute atomic E-state index is 0.101. The maximum atomic E-state index is 12.0. The summed E-state index contributed by atoms with van der Waals surface area (Å²) in [6.07, 6.45) is 2.34. The number of benzene rings is 1. The van der Waals surface area contributed by atoms with Gasteiger partial charge in [-0.05, 0) is 18.2 Å². The summed E-state index contributed by atoms with van der Waals surface area (Å²) in [4.78, 5) is 25.9. The predicted octanol–water partition coefficient (Wildman–Crippen LogP) is 1.00. The molecular formula is C14H14N4O3. The number of nitrogens with zero attached hydrogens (tertiary/aromatic N) is 3. The third-order valence-corrected chi connectivity index (χ3v) is 3.55. The highest BCUT2D eigenvalue weighted by atomic mass is 16.4. The fourth-order valence-electron chi connectivity index (χ4n) is 2.45. The van der Waals surface area contributed by atoms with E-state index < -0.39 is 5.97 Å². The fraction of sp³-hybridized carbons (Fsp3) is 0.214. The minimum atomic E-state index is -1.05. The molecule has 0 atom stereocenters. The molecule has 0 aliphatic carbocycles. The molecule has 0 aliphatic heterocycles. The Balaban J connectivity index is 2.01. The largest absolute Gasteiger partial charge is 0.478 e. The Morgan fingerprint density at radius 3 is 2.86 bits per heavy atom. The number of carbonyl (C=O) groups is 1. The van der Waals surface area contributed by atoms with Gasteiger partial charge in [-0.1, -0.05) is 6.07 Å². The van der Waals surface area contributed by atoms with Crippen LogP contribution in [0.1, 0.15) is 16.1 Å². The van der Waals surface area contributed by atoms with Crippen molar-refractivity contribution in [2.24, 2.45) is 7.05 Å². The molecule has 7 heteroatoms. The van der Waals surface area contributed by atoms with Gasteiger partial charge in [-0.15, -0.1) is 0 Å². The SMILES string of the molecule is Cn1nccc1CCn1c(=O)[nH]c2c(C(=O)O)cccc21. The van der Waals surface area contributed by atoms with Gasteiger partial charge < -0.3 is 10.1 Å². The van der Waals surface area contributed by atoms with Crippen molar-refractivity contribution in [2.75, 3.05) is 0 Å². The van der Waals surface area contributed by atoms with Crippen molar-refractivity contribution in [1.82, 2.24) is 19.3 Å². The number of para-hydroxylation sites is 1. The molecule has 2 heterocycles. The molecule has 3 aromatic rings. The first kappa shape index (κ1) is 13.2. The van der Waals surface area contributed by atoms with E-state index in [-0.39, 0.29) is 11.3 Å². The summed E-state index contributed by atoms with van der Waals surface area (Å²) in [5.74, 6) is -1.05. The van der Waals surface area contributed by atoms with Crippen LogP contribution < -0.4 is 5.69 Å². The van der Waals surface area contributed by atoms with Crippen molar-refractivity contribution in [3.05, 3.63) is 52.2 Å². The van der Waals surface area contributed by atoms with E-state index in [1.54, 1.807) is 27.6 Å².